The van der Waals surface area contributed by atoms with Crippen LogP contribution in [0.4, 0.5) is 0 Å². The van der Waals surface area contributed by atoms with E-state index in [4.69, 9.17) is 4.74 Å². The molecule has 1 fully saturated rings. The number of aromatic amines is 1. The van der Waals surface area contributed by atoms with Gasteiger partial charge in [-0.15, -0.1) is 0 Å². The van der Waals surface area contributed by atoms with E-state index in [1.807, 2.05) is 6.20 Å². The van der Waals surface area contributed by atoms with Crippen molar-refractivity contribution in [3.8, 4) is 17.0 Å². The van der Waals surface area contributed by atoms with Crippen LogP contribution in [0.15, 0.2) is 31.1 Å². The zero-order valence-corrected chi connectivity index (χ0v) is 12.0. The maximum atomic E-state index is 5.96. The van der Waals surface area contributed by atoms with Gasteiger partial charge in [0.25, 0.3) is 0 Å². The number of piperidine rings is 1. The molecule has 0 unspecified atom stereocenters. The molecule has 4 rings (SSSR count). The molecule has 0 atom stereocenters. The van der Waals surface area contributed by atoms with Gasteiger partial charge in [-0.25, -0.2) is 19.9 Å². The van der Waals surface area contributed by atoms with Gasteiger partial charge >= 0.3 is 0 Å². The minimum absolute atomic E-state index is 0.204. The lowest BCUT2D eigenvalue weighted by Gasteiger charge is -2.22. The molecule has 0 aliphatic carbocycles. The highest BCUT2D eigenvalue weighted by Gasteiger charge is 2.16. The Morgan fingerprint density at radius 2 is 1.91 bits per heavy atom. The Morgan fingerprint density at radius 1 is 1.09 bits per heavy atom. The molecule has 0 amide bonds. The fourth-order valence-corrected chi connectivity index (χ4v) is 2.67. The van der Waals surface area contributed by atoms with E-state index in [0.717, 1.165) is 48.2 Å². The van der Waals surface area contributed by atoms with Gasteiger partial charge in [0.2, 0.25) is 5.88 Å². The normalized spacial score (nSPS) is 16.0. The fourth-order valence-electron chi connectivity index (χ4n) is 2.67. The number of ether oxygens (including phenoxy) is 1. The van der Waals surface area contributed by atoms with Crippen LogP contribution in [0.25, 0.3) is 22.3 Å². The Kier molecular flexibility index (Phi) is 3.40. The Labute approximate surface area is 127 Å². The molecule has 0 spiro atoms. The van der Waals surface area contributed by atoms with Crippen molar-refractivity contribution in [1.29, 1.82) is 0 Å². The second kappa shape index (κ2) is 5.69. The number of aromatic nitrogens is 5. The maximum absolute atomic E-state index is 5.96. The average Bonchev–Trinajstić information content (AvgIpc) is 3.00. The van der Waals surface area contributed by atoms with Crippen LogP contribution in [0, 0.1) is 0 Å². The number of hydrogen-bond acceptors (Lipinski definition) is 6. The Bertz CT molecular complexity index is 766. The summed E-state index contributed by atoms with van der Waals surface area (Å²) in [6, 6.07) is 0. The van der Waals surface area contributed by atoms with Crippen molar-refractivity contribution in [2.45, 2.75) is 18.9 Å². The summed E-state index contributed by atoms with van der Waals surface area (Å²) in [5.41, 5.74) is 3.35. The minimum Gasteiger partial charge on any atom is -0.473 e. The zero-order chi connectivity index (χ0) is 14.8. The molecule has 22 heavy (non-hydrogen) atoms. The molecule has 3 aromatic heterocycles. The van der Waals surface area contributed by atoms with E-state index in [1.165, 1.54) is 6.33 Å². The largest absolute Gasteiger partial charge is 0.473 e. The summed E-state index contributed by atoms with van der Waals surface area (Å²) in [4.78, 5) is 20.2. The highest BCUT2D eigenvalue weighted by molar-refractivity contribution is 5.90. The molecular weight excluding hydrogens is 280 g/mol. The third kappa shape index (κ3) is 2.50. The molecule has 2 N–H and O–H groups in total. The standard InChI is InChI=1S/C15H16N6O/c1-3-16-4-2-11(1)22-13-8-20-15-14(21-13)12(7-19-15)10-5-17-9-18-6-10/h5-9,11,16H,1-4H2,(H,19,20). The topological polar surface area (TPSA) is 88.6 Å². The van der Waals surface area contributed by atoms with Crippen molar-refractivity contribution in [3.05, 3.63) is 31.1 Å². The first-order valence-electron chi connectivity index (χ1n) is 7.37. The molecule has 0 saturated carbocycles. The smallest absolute Gasteiger partial charge is 0.233 e. The van der Waals surface area contributed by atoms with Crippen molar-refractivity contribution in [2.24, 2.45) is 0 Å². The first-order valence-corrected chi connectivity index (χ1v) is 7.37. The molecule has 1 saturated heterocycles. The molecule has 1 aliphatic rings. The van der Waals surface area contributed by atoms with Gasteiger partial charge in [0.05, 0.1) is 6.20 Å². The number of fused-ring (bicyclic) bond motifs is 1. The van der Waals surface area contributed by atoms with Crippen LogP contribution < -0.4 is 10.1 Å². The Balaban J connectivity index is 1.67. The van der Waals surface area contributed by atoms with E-state index < -0.39 is 0 Å². The van der Waals surface area contributed by atoms with Gasteiger partial charge in [0, 0.05) is 29.7 Å². The number of H-pyrrole nitrogens is 1. The van der Waals surface area contributed by atoms with E-state index in [0.29, 0.717) is 5.88 Å². The van der Waals surface area contributed by atoms with Crippen LogP contribution >= 0.6 is 0 Å². The van der Waals surface area contributed by atoms with Crippen LogP contribution in [0.5, 0.6) is 5.88 Å². The number of hydrogen-bond donors (Lipinski definition) is 2. The Morgan fingerprint density at radius 3 is 2.73 bits per heavy atom. The second-order valence-corrected chi connectivity index (χ2v) is 5.30. The van der Waals surface area contributed by atoms with Gasteiger partial charge in [-0.1, -0.05) is 0 Å². The molecule has 7 nitrogen and oxygen atoms in total. The van der Waals surface area contributed by atoms with Gasteiger partial charge in [-0.2, -0.15) is 0 Å². The molecule has 112 valence electrons. The number of nitrogens with one attached hydrogen (secondary N) is 2. The van der Waals surface area contributed by atoms with Gasteiger partial charge < -0.3 is 15.0 Å². The summed E-state index contributed by atoms with van der Waals surface area (Å²) in [6.07, 6.45) is 10.8. The van der Waals surface area contributed by atoms with Crippen LogP contribution in [-0.2, 0) is 0 Å². The van der Waals surface area contributed by atoms with Gasteiger partial charge in [0.15, 0.2) is 5.65 Å². The van der Waals surface area contributed by atoms with Crippen molar-refractivity contribution in [3.63, 3.8) is 0 Å². The van der Waals surface area contributed by atoms with E-state index in [9.17, 15) is 0 Å². The molecule has 0 bridgehead atoms. The van der Waals surface area contributed by atoms with E-state index >= 15 is 0 Å². The number of rotatable bonds is 3. The average molecular weight is 296 g/mol. The third-order valence-electron chi connectivity index (χ3n) is 3.80. The molecule has 0 radical (unpaired) electrons. The van der Waals surface area contributed by atoms with Crippen LogP contribution in [0.1, 0.15) is 12.8 Å². The lowest BCUT2D eigenvalue weighted by Crippen LogP contribution is -2.34. The summed E-state index contributed by atoms with van der Waals surface area (Å²) in [7, 11) is 0. The van der Waals surface area contributed by atoms with Gasteiger partial charge in [-0.05, 0) is 25.9 Å². The van der Waals surface area contributed by atoms with Gasteiger partial charge in [-0.3, -0.25) is 0 Å². The van der Waals surface area contributed by atoms with E-state index in [1.54, 1.807) is 18.6 Å². The first kappa shape index (κ1) is 13.1. The monoisotopic (exact) mass is 296 g/mol. The van der Waals surface area contributed by atoms with Crippen molar-refractivity contribution in [1.82, 2.24) is 30.2 Å². The number of nitrogens with zero attached hydrogens (tertiary/aromatic N) is 4. The van der Waals surface area contributed by atoms with Crippen LogP contribution in [-0.4, -0.2) is 44.1 Å². The van der Waals surface area contributed by atoms with Crippen LogP contribution in [0.3, 0.4) is 0 Å². The SMILES string of the molecule is c1ncc(-c2c[nH]c3ncc(OC4CCNCC4)nc23)cn1. The lowest BCUT2D eigenvalue weighted by molar-refractivity contribution is 0.156. The van der Waals surface area contributed by atoms with Crippen molar-refractivity contribution < 1.29 is 4.74 Å². The van der Waals surface area contributed by atoms with Crippen molar-refractivity contribution >= 4 is 11.2 Å². The highest BCUT2D eigenvalue weighted by atomic mass is 16.5. The second-order valence-electron chi connectivity index (χ2n) is 5.30. The summed E-state index contributed by atoms with van der Waals surface area (Å²) < 4.78 is 5.96. The first-order chi connectivity index (χ1) is 10.9. The highest BCUT2D eigenvalue weighted by Crippen LogP contribution is 2.26. The van der Waals surface area contributed by atoms with E-state index in [2.05, 4.69) is 30.2 Å². The quantitative estimate of drug-likeness (QED) is 0.762. The minimum atomic E-state index is 0.204. The molecular formula is C15H16N6O. The molecule has 1 aliphatic heterocycles. The molecule has 7 heteroatoms. The fraction of sp³-hybridized carbons (Fsp3) is 0.333. The molecule has 3 aromatic rings. The Hall–Kier alpha value is -2.54. The predicted octanol–water partition coefficient (Wildman–Crippen LogP) is 1.55. The summed E-state index contributed by atoms with van der Waals surface area (Å²) in [5, 5.41) is 3.32. The third-order valence-corrected chi connectivity index (χ3v) is 3.80. The van der Waals surface area contributed by atoms with E-state index in [-0.39, 0.29) is 6.10 Å². The summed E-state index contributed by atoms with van der Waals surface area (Å²) in [5.74, 6) is 0.567. The molecule has 0 aromatic carbocycles. The van der Waals surface area contributed by atoms with Crippen LogP contribution in [0.2, 0.25) is 0 Å². The predicted molar refractivity (Wildman–Crippen MR) is 81.4 cm³/mol. The zero-order valence-electron chi connectivity index (χ0n) is 12.0. The molecule has 4 heterocycles. The maximum Gasteiger partial charge on any atom is 0.233 e. The lowest BCUT2D eigenvalue weighted by atomic mass is 10.1. The summed E-state index contributed by atoms with van der Waals surface area (Å²) in [6.45, 7) is 1.97. The summed E-state index contributed by atoms with van der Waals surface area (Å²) >= 11 is 0. The van der Waals surface area contributed by atoms with Crippen molar-refractivity contribution in [2.75, 3.05) is 13.1 Å². The van der Waals surface area contributed by atoms with Gasteiger partial charge in [0.1, 0.15) is 17.9 Å².